The smallest absolute Gasteiger partial charge is 0.0950 e. The first-order chi connectivity index (χ1) is 5.77. The van der Waals surface area contributed by atoms with E-state index in [0.29, 0.717) is 5.69 Å². The summed E-state index contributed by atoms with van der Waals surface area (Å²) in [5, 5.41) is 24.8. The van der Waals surface area contributed by atoms with E-state index >= 15 is 0 Å². The number of hydrogen-bond acceptors (Lipinski definition) is 4. The molecule has 1 aromatic carbocycles. The van der Waals surface area contributed by atoms with Crippen molar-refractivity contribution in [2.45, 2.75) is 0 Å². The second-order valence-electron chi connectivity index (χ2n) is 2.43. The molecule has 3 N–H and O–H groups in total. The molecule has 1 heterocycles. The molecule has 0 aliphatic carbocycles. The normalized spacial score (nSPS) is 10.5. The quantitative estimate of drug-likeness (QED) is 0.554. The lowest BCUT2D eigenvalue weighted by molar-refractivity contribution is 0.0292. The Labute approximate surface area is 67.8 Å². The molecule has 2 aromatic rings. The molecule has 0 fully saturated rings. The number of anilines is 1. The summed E-state index contributed by atoms with van der Waals surface area (Å²) < 4.78 is 0. The van der Waals surface area contributed by atoms with Crippen LogP contribution in [0, 0.1) is 0 Å². The number of aromatic nitrogens is 2. The van der Waals surface area contributed by atoms with E-state index in [4.69, 9.17) is 10.4 Å². The average molecular weight is 165 g/mol. The van der Waals surface area contributed by atoms with Crippen LogP contribution in [0.5, 0.6) is 0 Å². The largest absolute Gasteiger partial charge is 0.278 e. The lowest BCUT2D eigenvalue weighted by Gasteiger charge is -2.06. The van der Waals surface area contributed by atoms with Crippen molar-refractivity contribution in [1.82, 2.24) is 10.2 Å². The van der Waals surface area contributed by atoms with E-state index in [9.17, 15) is 0 Å². The van der Waals surface area contributed by atoms with E-state index in [1.54, 1.807) is 24.4 Å². The third-order valence-corrected chi connectivity index (χ3v) is 1.65. The molecular formula is C7H7N3O2. The van der Waals surface area contributed by atoms with Crippen molar-refractivity contribution >= 4 is 16.6 Å². The Morgan fingerprint density at radius 1 is 1.33 bits per heavy atom. The average Bonchev–Trinajstić information content (AvgIpc) is 2.49. The Balaban J connectivity index is 2.60. The van der Waals surface area contributed by atoms with Gasteiger partial charge in [0.1, 0.15) is 0 Å². The van der Waals surface area contributed by atoms with Crippen LogP contribution >= 0.6 is 0 Å². The number of aromatic amines is 1. The zero-order valence-electron chi connectivity index (χ0n) is 6.10. The third-order valence-electron chi connectivity index (χ3n) is 1.65. The van der Waals surface area contributed by atoms with Gasteiger partial charge >= 0.3 is 0 Å². The minimum Gasteiger partial charge on any atom is -0.278 e. The van der Waals surface area contributed by atoms with Gasteiger partial charge in [-0.3, -0.25) is 15.5 Å². The van der Waals surface area contributed by atoms with Crippen LogP contribution in [0.2, 0.25) is 0 Å². The Hall–Kier alpha value is -1.59. The van der Waals surface area contributed by atoms with Crippen LogP contribution in [0.25, 0.3) is 10.9 Å². The topological polar surface area (TPSA) is 72.4 Å². The lowest BCUT2D eigenvalue weighted by Crippen LogP contribution is -2.10. The Kier molecular flexibility index (Phi) is 1.46. The van der Waals surface area contributed by atoms with E-state index in [1.807, 2.05) is 0 Å². The van der Waals surface area contributed by atoms with Crippen molar-refractivity contribution in [3.05, 3.63) is 24.4 Å². The molecule has 0 aliphatic rings. The molecule has 0 spiro atoms. The number of hydrogen-bond donors (Lipinski definition) is 3. The summed E-state index contributed by atoms with van der Waals surface area (Å²) >= 11 is 0. The van der Waals surface area contributed by atoms with Crippen molar-refractivity contribution in [3.63, 3.8) is 0 Å². The lowest BCUT2D eigenvalue weighted by atomic mass is 10.2. The molecule has 12 heavy (non-hydrogen) atoms. The predicted octanol–water partition coefficient (Wildman–Crippen LogP) is 1.15. The molecule has 0 aliphatic heterocycles. The van der Waals surface area contributed by atoms with Gasteiger partial charge in [0.15, 0.2) is 0 Å². The van der Waals surface area contributed by atoms with Gasteiger partial charge in [-0.2, -0.15) is 5.10 Å². The van der Waals surface area contributed by atoms with Crippen LogP contribution in [0.3, 0.4) is 0 Å². The Morgan fingerprint density at radius 3 is 2.92 bits per heavy atom. The highest BCUT2D eigenvalue weighted by Crippen LogP contribution is 2.17. The van der Waals surface area contributed by atoms with Gasteiger partial charge < -0.3 is 0 Å². The van der Waals surface area contributed by atoms with Crippen molar-refractivity contribution in [3.8, 4) is 0 Å². The first-order valence-electron chi connectivity index (χ1n) is 3.38. The number of nitrogens with zero attached hydrogens (tertiary/aromatic N) is 2. The molecule has 0 saturated heterocycles. The summed E-state index contributed by atoms with van der Waals surface area (Å²) in [5.41, 5.74) is 1.17. The Morgan fingerprint density at radius 2 is 2.17 bits per heavy atom. The van der Waals surface area contributed by atoms with Gasteiger partial charge in [-0.1, -0.05) is 0 Å². The highest BCUT2D eigenvalue weighted by atomic mass is 16.8. The molecule has 2 rings (SSSR count). The summed E-state index contributed by atoms with van der Waals surface area (Å²) in [7, 11) is 0. The molecular weight excluding hydrogens is 158 g/mol. The van der Waals surface area contributed by atoms with Gasteiger partial charge in [0.05, 0.1) is 17.4 Å². The number of nitrogens with one attached hydrogen (secondary N) is 1. The standard InChI is InChI=1S/C7H7N3O2/c11-10(12)6-1-2-7-5(3-6)4-8-9-7/h1-4,11-12H,(H,8,9). The number of benzene rings is 1. The molecule has 0 radical (unpaired) electrons. The number of rotatable bonds is 1. The van der Waals surface area contributed by atoms with E-state index in [2.05, 4.69) is 10.2 Å². The van der Waals surface area contributed by atoms with Gasteiger partial charge in [0.2, 0.25) is 0 Å². The van der Waals surface area contributed by atoms with Crippen LogP contribution < -0.4 is 5.23 Å². The van der Waals surface area contributed by atoms with Crippen LogP contribution in [0.1, 0.15) is 0 Å². The molecule has 5 heteroatoms. The van der Waals surface area contributed by atoms with Gasteiger partial charge in [0.25, 0.3) is 0 Å². The van der Waals surface area contributed by atoms with Crippen molar-refractivity contribution in [2.24, 2.45) is 0 Å². The second-order valence-corrected chi connectivity index (χ2v) is 2.43. The highest BCUT2D eigenvalue weighted by molar-refractivity contribution is 5.81. The summed E-state index contributed by atoms with van der Waals surface area (Å²) in [5.74, 6) is 0. The van der Waals surface area contributed by atoms with E-state index < -0.39 is 0 Å². The minimum absolute atomic E-state index is 0.0758. The third kappa shape index (κ3) is 1.01. The fourth-order valence-corrected chi connectivity index (χ4v) is 1.05. The zero-order valence-corrected chi connectivity index (χ0v) is 6.10. The molecule has 62 valence electrons. The maximum Gasteiger partial charge on any atom is 0.0950 e. The summed E-state index contributed by atoms with van der Waals surface area (Å²) in [6.07, 6.45) is 1.61. The molecule has 0 bridgehead atoms. The second kappa shape index (κ2) is 2.47. The highest BCUT2D eigenvalue weighted by Gasteiger charge is 2.00. The Bertz CT molecular complexity index is 396. The minimum atomic E-state index is 0.0758. The zero-order chi connectivity index (χ0) is 8.55. The molecule has 0 amide bonds. The monoisotopic (exact) mass is 165 g/mol. The molecule has 0 unspecified atom stereocenters. The first-order valence-corrected chi connectivity index (χ1v) is 3.38. The van der Waals surface area contributed by atoms with Crippen molar-refractivity contribution < 1.29 is 10.4 Å². The van der Waals surface area contributed by atoms with Crippen molar-refractivity contribution in [1.29, 1.82) is 0 Å². The molecule has 5 nitrogen and oxygen atoms in total. The SMILES string of the molecule is ON(O)c1ccc2[nH]ncc2c1. The van der Waals surface area contributed by atoms with Gasteiger partial charge in [-0.15, -0.1) is 5.23 Å². The summed E-state index contributed by atoms with van der Waals surface area (Å²) in [4.78, 5) is 0. The van der Waals surface area contributed by atoms with E-state index in [-0.39, 0.29) is 5.23 Å². The fourth-order valence-electron chi connectivity index (χ4n) is 1.05. The first kappa shape index (κ1) is 7.08. The maximum absolute atomic E-state index is 8.68. The predicted molar refractivity (Wildman–Crippen MR) is 42.1 cm³/mol. The van der Waals surface area contributed by atoms with Gasteiger partial charge in [0, 0.05) is 5.39 Å². The van der Waals surface area contributed by atoms with Crippen molar-refractivity contribution in [2.75, 3.05) is 5.23 Å². The number of H-pyrrole nitrogens is 1. The van der Waals surface area contributed by atoms with E-state index in [1.165, 1.54) is 0 Å². The van der Waals surface area contributed by atoms with Crippen LogP contribution in [0.4, 0.5) is 5.69 Å². The van der Waals surface area contributed by atoms with Gasteiger partial charge in [-0.25, -0.2) is 0 Å². The maximum atomic E-state index is 8.68. The van der Waals surface area contributed by atoms with E-state index in [0.717, 1.165) is 10.9 Å². The molecule has 0 saturated carbocycles. The number of fused-ring (bicyclic) bond motifs is 1. The van der Waals surface area contributed by atoms with Crippen LogP contribution in [-0.2, 0) is 0 Å². The fraction of sp³-hybridized carbons (Fsp3) is 0. The summed E-state index contributed by atoms with van der Waals surface area (Å²) in [6.45, 7) is 0. The van der Waals surface area contributed by atoms with Gasteiger partial charge in [-0.05, 0) is 18.2 Å². The molecule has 1 aromatic heterocycles. The van der Waals surface area contributed by atoms with Crippen LogP contribution in [-0.4, -0.2) is 20.6 Å². The molecule has 0 atom stereocenters. The summed E-state index contributed by atoms with van der Waals surface area (Å²) in [6, 6.07) is 4.90. The van der Waals surface area contributed by atoms with Crippen LogP contribution in [0.15, 0.2) is 24.4 Å².